The topological polar surface area (TPSA) is 122 Å². The lowest BCUT2D eigenvalue weighted by Gasteiger charge is -2.30. The summed E-state index contributed by atoms with van der Waals surface area (Å²) in [6, 6.07) is 7.90. The van der Waals surface area contributed by atoms with Crippen LogP contribution in [0.1, 0.15) is 36.0 Å². The number of aromatic nitrogens is 1. The number of fused-ring (bicyclic) bond motifs is 1. The van der Waals surface area contributed by atoms with Crippen LogP contribution in [0.2, 0.25) is 0 Å². The van der Waals surface area contributed by atoms with Gasteiger partial charge in [0.05, 0.1) is 12.4 Å². The quantitative estimate of drug-likeness (QED) is 0.416. The maximum absolute atomic E-state index is 14.0. The van der Waals surface area contributed by atoms with E-state index < -0.39 is 21.7 Å². The summed E-state index contributed by atoms with van der Waals surface area (Å²) in [6.07, 6.45) is 11.3. The van der Waals surface area contributed by atoms with Crippen molar-refractivity contribution in [3.05, 3.63) is 83.1 Å². The number of nitrogens with one attached hydrogen (secondary N) is 3. The molecule has 1 aliphatic carbocycles. The lowest BCUT2D eigenvalue weighted by Crippen LogP contribution is -2.44. The van der Waals surface area contributed by atoms with Crippen LogP contribution in [0, 0.1) is 5.82 Å². The Bertz CT molecular complexity index is 1420. The van der Waals surface area contributed by atoms with Crippen LogP contribution >= 0.6 is 11.8 Å². The molecule has 38 heavy (non-hydrogen) atoms. The zero-order chi connectivity index (χ0) is 26.7. The molecule has 3 N–H and O–H groups in total. The van der Waals surface area contributed by atoms with Gasteiger partial charge in [-0.25, -0.2) is 33.1 Å². The first kappa shape index (κ1) is 26.2. The maximum atomic E-state index is 14.0. The summed E-state index contributed by atoms with van der Waals surface area (Å²) < 4.78 is 48.6. The smallest absolute Gasteiger partial charge is 0.257 e. The van der Waals surface area contributed by atoms with Gasteiger partial charge in [-0.3, -0.25) is 4.79 Å². The number of carbonyl (C=O) groups is 1. The zero-order valence-electron chi connectivity index (χ0n) is 20.4. The molecule has 13 heteroatoms. The van der Waals surface area contributed by atoms with Crippen LogP contribution in [-0.2, 0) is 15.0 Å². The van der Waals surface area contributed by atoms with E-state index in [2.05, 4.69) is 20.5 Å². The molecule has 0 saturated heterocycles. The molecule has 1 aromatic carbocycles. The molecule has 1 aromatic heterocycles. The zero-order valence-corrected chi connectivity index (χ0v) is 22.0. The van der Waals surface area contributed by atoms with E-state index in [0.717, 1.165) is 17.2 Å². The van der Waals surface area contributed by atoms with Crippen LogP contribution in [-0.4, -0.2) is 42.7 Å². The van der Waals surface area contributed by atoms with E-state index in [-0.39, 0.29) is 28.4 Å². The van der Waals surface area contributed by atoms with Crippen LogP contribution < -0.4 is 20.3 Å². The number of sulfonamides is 1. The molecular formula is C25H26FN5O5S2. The lowest BCUT2D eigenvalue weighted by molar-refractivity contribution is -0.112. The van der Waals surface area contributed by atoms with Gasteiger partial charge in [-0.15, -0.1) is 11.8 Å². The monoisotopic (exact) mass is 559 g/mol. The highest BCUT2D eigenvalue weighted by atomic mass is 32.2. The fourth-order valence-corrected chi connectivity index (χ4v) is 6.34. The molecule has 3 heterocycles. The Hall–Kier alpha value is -3.39. The van der Waals surface area contributed by atoms with Gasteiger partial charge in [-0.2, -0.15) is 4.94 Å². The third-order valence-corrected chi connectivity index (χ3v) is 8.59. The second kappa shape index (κ2) is 11.2. The Morgan fingerprint density at radius 3 is 2.82 bits per heavy atom. The van der Waals surface area contributed by atoms with Crippen molar-refractivity contribution in [2.24, 2.45) is 0 Å². The Labute approximate surface area is 223 Å². The SMILES string of the molecule is CSc1cccc(Oc2ncc(F)cc2C(=O)NC2CCC(NS(=O)(=O)C3=CC=CN4ONC=C34)CC2)c1. The van der Waals surface area contributed by atoms with Crippen LogP contribution in [0.5, 0.6) is 11.6 Å². The second-order valence-electron chi connectivity index (χ2n) is 8.87. The van der Waals surface area contributed by atoms with E-state index in [1.165, 1.54) is 17.3 Å². The minimum absolute atomic E-state index is 0.00661. The summed E-state index contributed by atoms with van der Waals surface area (Å²) in [7, 11) is -3.79. The number of pyridine rings is 1. The average Bonchev–Trinajstić information content (AvgIpc) is 3.40. The van der Waals surface area contributed by atoms with Crippen LogP contribution in [0.15, 0.2) is 76.6 Å². The van der Waals surface area contributed by atoms with Crippen molar-refractivity contribution in [2.45, 2.75) is 42.7 Å². The van der Waals surface area contributed by atoms with Crippen LogP contribution in [0.3, 0.4) is 0 Å². The van der Waals surface area contributed by atoms with Crippen LogP contribution in [0.4, 0.5) is 4.39 Å². The molecule has 0 atom stereocenters. The van der Waals surface area contributed by atoms with Crippen molar-refractivity contribution in [2.75, 3.05) is 6.26 Å². The number of ether oxygens (including phenoxy) is 1. The molecule has 0 spiro atoms. The molecule has 1 amide bonds. The van der Waals surface area contributed by atoms with Crippen molar-refractivity contribution in [3.63, 3.8) is 0 Å². The first-order valence-electron chi connectivity index (χ1n) is 11.9. The van der Waals surface area contributed by atoms with Gasteiger partial charge >= 0.3 is 0 Å². The Kier molecular flexibility index (Phi) is 7.70. The van der Waals surface area contributed by atoms with E-state index in [1.807, 2.05) is 24.5 Å². The molecule has 3 aliphatic rings. The van der Waals surface area contributed by atoms with Gasteiger partial charge in [0, 0.05) is 23.2 Å². The summed E-state index contributed by atoms with van der Waals surface area (Å²) in [5.74, 6) is -0.661. The van der Waals surface area contributed by atoms with Gasteiger partial charge in [0.1, 0.15) is 27.7 Å². The molecule has 2 aliphatic heterocycles. The minimum Gasteiger partial charge on any atom is -0.438 e. The summed E-state index contributed by atoms with van der Waals surface area (Å²) in [4.78, 5) is 23.2. The van der Waals surface area contributed by atoms with Gasteiger partial charge in [0.2, 0.25) is 15.9 Å². The summed E-state index contributed by atoms with van der Waals surface area (Å²) in [6.45, 7) is 0. The average molecular weight is 560 g/mol. The number of allylic oxidation sites excluding steroid dienone is 2. The Balaban J connectivity index is 1.20. The van der Waals surface area contributed by atoms with Crippen LogP contribution in [0.25, 0.3) is 0 Å². The van der Waals surface area contributed by atoms with Crippen molar-refractivity contribution in [1.29, 1.82) is 0 Å². The highest BCUT2D eigenvalue weighted by Crippen LogP contribution is 2.30. The first-order chi connectivity index (χ1) is 18.3. The second-order valence-corrected chi connectivity index (χ2v) is 11.4. The van der Waals surface area contributed by atoms with Crippen molar-refractivity contribution in [3.8, 4) is 11.6 Å². The number of hydrogen-bond donors (Lipinski definition) is 3. The maximum Gasteiger partial charge on any atom is 0.257 e. The Morgan fingerprint density at radius 1 is 1.24 bits per heavy atom. The number of hydrogen-bond acceptors (Lipinski definition) is 9. The first-order valence-corrected chi connectivity index (χ1v) is 14.6. The lowest BCUT2D eigenvalue weighted by atomic mass is 9.91. The van der Waals surface area contributed by atoms with Crippen molar-refractivity contribution < 1.29 is 27.3 Å². The molecule has 0 unspecified atom stereocenters. The molecular weight excluding hydrogens is 533 g/mol. The highest BCUT2D eigenvalue weighted by molar-refractivity contribution is 7.98. The van der Waals surface area contributed by atoms with Gasteiger partial charge in [-0.1, -0.05) is 6.07 Å². The number of benzene rings is 1. The number of nitrogens with zero attached hydrogens (tertiary/aromatic N) is 2. The van der Waals surface area contributed by atoms with Gasteiger partial charge in [0.25, 0.3) is 5.91 Å². The predicted molar refractivity (Wildman–Crippen MR) is 139 cm³/mol. The predicted octanol–water partition coefficient (Wildman–Crippen LogP) is 3.70. The van der Waals surface area contributed by atoms with E-state index in [9.17, 15) is 17.6 Å². The third kappa shape index (κ3) is 5.85. The number of rotatable bonds is 8. The molecule has 0 bridgehead atoms. The minimum atomic E-state index is -3.79. The standard InChI is InChI=1S/C25H26FN5O5S2/c1-37-20-5-2-4-19(13-20)35-25-21(12-16(26)14-27-25)24(32)29-17-7-9-18(10-8-17)30-38(33,34)23-6-3-11-31-22(23)15-28-36-31/h2-6,11-15,17-18,28,30H,7-10H2,1H3,(H,29,32). The molecule has 10 nitrogen and oxygen atoms in total. The number of carbonyl (C=O) groups excluding carboxylic acids is 1. The van der Waals surface area contributed by atoms with Crippen molar-refractivity contribution >= 4 is 27.7 Å². The molecule has 1 saturated carbocycles. The van der Waals surface area contributed by atoms with E-state index >= 15 is 0 Å². The van der Waals surface area contributed by atoms with Gasteiger partial charge in [-0.05, 0) is 68.4 Å². The summed E-state index contributed by atoms with van der Waals surface area (Å²) in [5, 5.41) is 4.25. The van der Waals surface area contributed by atoms with Gasteiger partial charge in [0.15, 0.2) is 0 Å². The van der Waals surface area contributed by atoms with E-state index in [1.54, 1.807) is 30.1 Å². The fourth-order valence-electron chi connectivity index (χ4n) is 4.41. The Morgan fingerprint density at radius 2 is 2.03 bits per heavy atom. The number of hydroxylamine groups is 3. The van der Waals surface area contributed by atoms with E-state index in [0.29, 0.717) is 37.1 Å². The summed E-state index contributed by atoms with van der Waals surface area (Å²) >= 11 is 1.54. The summed E-state index contributed by atoms with van der Waals surface area (Å²) in [5.41, 5.74) is 2.92. The largest absolute Gasteiger partial charge is 0.438 e. The van der Waals surface area contributed by atoms with Crippen molar-refractivity contribution in [1.82, 2.24) is 25.6 Å². The molecule has 5 rings (SSSR count). The third-order valence-electron chi connectivity index (χ3n) is 6.30. The highest BCUT2D eigenvalue weighted by Gasteiger charge is 2.33. The number of thioether (sulfide) groups is 1. The van der Waals surface area contributed by atoms with Gasteiger partial charge < -0.3 is 10.1 Å². The molecule has 0 radical (unpaired) electrons. The normalized spacial score (nSPS) is 20.7. The number of halogens is 1. The molecule has 200 valence electrons. The molecule has 2 aromatic rings. The number of amides is 1. The fraction of sp³-hybridized carbons (Fsp3) is 0.280. The molecule has 1 fully saturated rings. The van der Waals surface area contributed by atoms with E-state index in [4.69, 9.17) is 9.68 Å².